The molecule has 136 valence electrons. The van der Waals surface area contributed by atoms with Gasteiger partial charge in [0, 0.05) is 17.6 Å². The summed E-state index contributed by atoms with van der Waals surface area (Å²) in [7, 11) is 0. The Hall–Kier alpha value is -2.91. The molecule has 27 heavy (non-hydrogen) atoms. The first-order valence-electron chi connectivity index (χ1n) is 9.33. The minimum Gasteiger partial charge on any atom is -0.366 e. The normalized spacial score (nSPS) is 14.7. The molecule has 4 rings (SSSR count). The summed E-state index contributed by atoms with van der Waals surface area (Å²) < 4.78 is 0. The number of hydrogen-bond acceptors (Lipinski definition) is 2. The molecular formula is C24H24N2O. The monoisotopic (exact) mass is 356 g/mol. The fraction of sp³-hybridized carbons (Fsp3) is 0.208. The maximum atomic E-state index is 11.4. The third kappa shape index (κ3) is 3.79. The lowest BCUT2D eigenvalue weighted by Crippen LogP contribution is -2.42. The van der Waals surface area contributed by atoms with Crippen molar-refractivity contribution in [2.75, 3.05) is 0 Å². The minimum absolute atomic E-state index is 0.109. The maximum absolute atomic E-state index is 11.4. The molecule has 0 atom stereocenters. The molecule has 0 aromatic heterocycles. The summed E-state index contributed by atoms with van der Waals surface area (Å²) in [5.74, 6) is -0.400. The van der Waals surface area contributed by atoms with E-state index in [0.29, 0.717) is 5.56 Å². The van der Waals surface area contributed by atoms with Crippen LogP contribution in [0.5, 0.6) is 0 Å². The Morgan fingerprint density at radius 3 is 2.22 bits per heavy atom. The number of fused-ring (bicyclic) bond motifs is 1. The Morgan fingerprint density at radius 1 is 0.926 bits per heavy atom. The van der Waals surface area contributed by atoms with Crippen molar-refractivity contribution >= 4 is 5.91 Å². The Morgan fingerprint density at radius 2 is 1.59 bits per heavy atom. The van der Waals surface area contributed by atoms with Gasteiger partial charge in [-0.1, -0.05) is 60.7 Å². The zero-order chi connectivity index (χ0) is 18.9. The highest BCUT2D eigenvalue weighted by atomic mass is 16.1. The van der Waals surface area contributed by atoms with Gasteiger partial charge in [-0.2, -0.15) is 0 Å². The third-order valence-electron chi connectivity index (χ3n) is 5.43. The fourth-order valence-corrected chi connectivity index (χ4v) is 3.91. The Labute approximate surface area is 160 Å². The van der Waals surface area contributed by atoms with E-state index in [0.717, 1.165) is 30.5 Å². The molecule has 3 nitrogen and oxygen atoms in total. The van der Waals surface area contributed by atoms with Crippen LogP contribution in [0.1, 0.15) is 34.0 Å². The highest BCUT2D eigenvalue weighted by molar-refractivity contribution is 5.94. The van der Waals surface area contributed by atoms with E-state index in [-0.39, 0.29) is 5.54 Å². The number of nitrogens with one attached hydrogen (secondary N) is 1. The number of hydrogen-bond donors (Lipinski definition) is 2. The maximum Gasteiger partial charge on any atom is 0.248 e. The molecule has 0 aliphatic heterocycles. The van der Waals surface area contributed by atoms with E-state index < -0.39 is 5.91 Å². The average molecular weight is 356 g/mol. The molecule has 1 aliphatic carbocycles. The summed E-state index contributed by atoms with van der Waals surface area (Å²) in [5, 5.41) is 3.74. The second kappa shape index (κ2) is 7.01. The van der Waals surface area contributed by atoms with Crippen LogP contribution in [0.2, 0.25) is 0 Å². The van der Waals surface area contributed by atoms with E-state index in [1.54, 1.807) is 6.07 Å². The van der Waals surface area contributed by atoms with Gasteiger partial charge in [-0.25, -0.2) is 0 Å². The van der Waals surface area contributed by atoms with Crippen LogP contribution >= 0.6 is 0 Å². The molecule has 0 saturated carbocycles. The fourth-order valence-electron chi connectivity index (χ4n) is 3.91. The summed E-state index contributed by atoms with van der Waals surface area (Å²) >= 11 is 0. The van der Waals surface area contributed by atoms with Crippen LogP contribution in [0.3, 0.4) is 0 Å². The predicted molar refractivity (Wildman–Crippen MR) is 109 cm³/mol. The molecule has 0 spiro atoms. The van der Waals surface area contributed by atoms with Gasteiger partial charge >= 0.3 is 0 Å². The molecule has 1 aliphatic rings. The van der Waals surface area contributed by atoms with Gasteiger partial charge < -0.3 is 11.1 Å². The van der Waals surface area contributed by atoms with Gasteiger partial charge in [-0.15, -0.1) is 0 Å². The lowest BCUT2D eigenvalue weighted by atomic mass is 9.97. The van der Waals surface area contributed by atoms with Gasteiger partial charge in [0.25, 0.3) is 0 Å². The number of amides is 1. The van der Waals surface area contributed by atoms with Crippen molar-refractivity contribution in [3.8, 4) is 11.1 Å². The van der Waals surface area contributed by atoms with E-state index in [9.17, 15) is 4.79 Å². The standard InChI is InChI=1S/C24H24N2O/c1-24(14-21-5-2-3-6-22(21)15-24)26-16-17-9-11-18(12-10-17)19-7-4-8-20(13-19)23(25)27/h2-13,26H,14-16H2,1H3,(H2,25,27). The predicted octanol–water partition coefficient (Wildman–Crippen LogP) is 4.10. The molecule has 0 saturated heterocycles. The summed E-state index contributed by atoms with van der Waals surface area (Å²) in [6.45, 7) is 3.14. The van der Waals surface area contributed by atoms with Gasteiger partial charge in [0.2, 0.25) is 5.91 Å². The van der Waals surface area contributed by atoms with E-state index >= 15 is 0 Å². The van der Waals surface area contributed by atoms with Crippen molar-refractivity contribution in [2.45, 2.75) is 31.8 Å². The zero-order valence-corrected chi connectivity index (χ0v) is 15.5. The second-order valence-corrected chi connectivity index (χ2v) is 7.68. The number of primary amides is 1. The first kappa shape index (κ1) is 17.5. The summed E-state index contributed by atoms with van der Waals surface area (Å²) in [6.07, 6.45) is 2.14. The first-order valence-corrected chi connectivity index (χ1v) is 9.33. The molecule has 0 bridgehead atoms. The van der Waals surface area contributed by atoms with Crippen LogP contribution in [-0.2, 0) is 19.4 Å². The molecule has 0 unspecified atom stereocenters. The highest BCUT2D eigenvalue weighted by Crippen LogP contribution is 2.30. The Kier molecular flexibility index (Phi) is 4.54. The van der Waals surface area contributed by atoms with Crippen molar-refractivity contribution in [3.05, 3.63) is 95.1 Å². The topological polar surface area (TPSA) is 55.1 Å². The van der Waals surface area contributed by atoms with Crippen LogP contribution in [0, 0.1) is 0 Å². The number of rotatable bonds is 5. The van der Waals surface area contributed by atoms with Gasteiger partial charge in [-0.05, 0) is 59.7 Å². The van der Waals surface area contributed by atoms with Gasteiger partial charge in [0.05, 0.1) is 0 Å². The molecule has 3 N–H and O–H groups in total. The highest BCUT2D eigenvalue weighted by Gasteiger charge is 2.31. The average Bonchev–Trinajstić information content (AvgIpc) is 3.03. The number of nitrogens with two attached hydrogens (primary N) is 1. The second-order valence-electron chi connectivity index (χ2n) is 7.68. The molecule has 1 amide bonds. The summed E-state index contributed by atoms with van der Waals surface area (Å²) in [6, 6.07) is 24.6. The zero-order valence-electron chi connectivity index (χ0n) is 15.5. The molecule has 3 heteroatoms. The first-order chi connectivity index (χ1) is 13.0. The summed E-state index contributed by atoms with van der Waals surface area (Å²) in [4.78, 5) is 11.4. The lowest BCUT2D eigenvalue weighted by molar-refractivity contribution is 0.100. The van der Waals surface area contributed by atoms with Crippen molar-refractivity contribution in [2.24, 2.45) is 5.73 Å². The number of benzene rings is 3. The van der Waals surface area contributed by atoms with Gasteiger partial charge in [-0.3, -0.25) is 4.79 Å². The van der Waals surface area contributed by atoms with Crippen LogP contribution < -0.4 is 11.1 Å². The Balaban J connectivity index is 1.43. The van der Waals surface area contributed by atoms with Crippen molar-refractivity contribution in [3.63, 3.8) is 0 Å². The number of carbonyl (C=O) groups excluding carboxylic acids is 1. The summed E-state index contributed by atoms with van der Waals surface area (Å²) in [5.41, 5.74) is 12.3. The smallest absolute Gasteiger partial charge is 0.248 e. The largest absolute Gasteiger partial charge is 0.366 e. The Bertz CT molecular complexity index is 951. The molecule has 0 fully saturated rings. The van der Waals surface area contributed by atoms with Crippen molar-refractivity contribution in [1.82, 2.24) is 5.32 Å². The van der Waals surface area contributed by atoms with Crippen LogP contribution in [0.25, 0.3) is 11.1 Å². The molecular weight excluding hydrogens is 332 g/mol. The third-order valence-corrected chi connectivity index (χ3v) is 5.43. The molecule has 3 aromatic carbocycles. The quantitative estimate of drug-likeness (QED) is 0.723. The molecule has 0 radical (unpaired) electrons. The van der Waals surface area contributed by atoms with Gasteiger partial charge in [0.1, 0.15) is 0 Å². The van der Waals surface area contributed by atoms with E-state index in [1.165, 1.54) is 16.7 Å². The SMILES string of the molecule is CC1(NCc2ccc(-c3cccc(C(N)=O)c3)cc2)Cc2ccccc2C1. The van der Waals surface area contributed by atoms with Crippen LogP contribution in [0.15, 0.2) is 72.8 Å². The molecule has 0 heterocycles. The molecule has 3 aromatic rings. The van der Waals surface area contributed by atoms with E-state index in [1.807, 2.05) is 18.2 Å². The van der Waals surface area contributed by atoms with Crippen LogP contribution in [0.4, 0.5) is 0 Å². The lowest BCUT2D eigenvalue weighted by Gasteiger charge is -2.25. The van der Waals surface area contributed by atoms with E-state index in [4.69, 9.17) is 5.73 Å². The van der Waals surface area contributed by atoms with Gasteiger partial charge in [0.15, 0.2) is 0 Å². The van der Waals surface area contributed by atoms with Crippen LogP contribution in [-0.4, -0.2) is 11.4 Å². The van der Waals surface area contributed by atoms with E-state index in [2.05, 4.69) is 60.8 Å². The number of carbonyl (C=O) groups is 1. The minimum atomic E-state index is -0.400. The van der Waals surface area contributed by atoms with Crippen molar-refractivity contribution in [1.29, 1.82) is 0 Å². The van der Waals surface area contributed by atoms with Crippen molar-refractivity contribution < 1.29 is 4.79 Å².